The molecule has 0 atom stereocenters. The van der Waals surface area contributed by atoms with Gasteiger partial charge in [-0.15, -0.1) is 12.4 Å². The third-order valence-electron chi connectivity index (χ3n) is 2.48. The number of hydrogen-bond acceptors (Lipinski definition) is 4. The van der Waals surface area contributed by atoms with Crippen molar-refractivity contribution in [3.05, 3.63) is 34.4 Å². The average Bonchev–Trinajstić information content (AvgIpc) is 2.84. The molecule has 0 aliphatic carbocycles. The first-order valence-electron chi connectivity index (χ1n) is 5.54. The Hall–Kier alpha value is -1.66. The van der Waals surface area contributed by atoms with Crippen molar-refractivity contribution in [2.24, 2.45) is 0 Å². The fourth-order valence-electron chi connectivity index (χ4n) is 1.58. The SMILES string of the molecule is Cl.N=c1ccc(-c2ccsc2)nn1CCCC(=O)O. The summed E-state index contributed by atoms with van der Waals surface area (Å²) in [5.41, 5.74) is 2.12. The Morgan fingerprint density at radius 1 is 1.42 bits per heavy atom. The van der Waals surface area contributed by atoms with Gasteiger partial charge in [0.1, 0.15) is 5.49 Å². The van der Waals surface area contributed by atoms with Gasteiger partial charge in [-0.1, -0.05) is 0 Å². The van der Waals surface area contributed by atoms with E-state index in [1.165, 1.54) is 4.68 Å². The van der Waals surface area contributed by atoms with Gasteiger partial charge in [0, 0.05) is 23.9 Å². The summed E-state index contributed by atoms with van der Waals surface area (Å²) in [6.07, 6.45) is 0.572. The van der Waals surface area contributed by atoms with Crippen LogP contribution in [0.2, 0.25) is 0 Å². The van der Waals surface area contributed by atoms with E-state index in [1.54, 1.807) is 23.5 Å². The van der Waals surface area contributed by atoms with Gasteiger partial charge in [0.05, 0.1) is 5.69 Å². The molecule has 0 radical (unpaired) electrons. The van der Waals surface area contributed by atoms with Crippen molar-refractivity contribution in [2.75, 3.05) is 0 Å². The fraction of sp³-hybridized carbons (Fsp3) is 0.250. The number of carboxylic acids is 1. The van der Waals surface area contributed by atoms with E-state index in [9.17, 15) is 4.79 Å². The summed E-state index contributed by atoms with van der Waals surface area (Å²) >= 11 is 1.59. The van der Waals surface area contributed by atoms with Gasteiger partial charge in [-0.3, -0.25) is 10.2 Å². The standard InChI is InChI=1S/C12H13N3O2S.ClH/c13-11-4-3-10(9-5-7-18-8-9)14-15(11)6-1-2-12(16)17;/h3-5,7-8,13H,1-2,6H2,(H,16,17);1H. The van der Waals surface area contributed by atoms with Crippen LogP contribution < -0.4 is 5.49 Å². The number of aliphatic carboxylic acids is 1. The van der Waals surface area contributed by atoms with Crippen molar-refractivity contribution in [2.45, 2.75) is 19.4 Å². The molecule has 0 bridgehead atoms. The zero-order chi connectivity index (χ0) is 13.0. The van der Waals surface area contributed by atoms with Crippen LogP contribution in [0.5, 0.6) is 0 Å². The highest BCUT2D eigenvalue weighted by atomic mass is 35.5. The molecular weight excluding hydrogens is 286 g/mol. The van der Waals surface area contributed by atoms with Crippen LogP contribution in [0.15, 0.2) is 29.0 Å². The highest BCUT2D eigenvalue weighted by Gasteiger charge is 2.03. The fourth-order valence-corrected chi connectivity index (χ4v) is 2.23. The second-order valence-electron chi connectivity index (χ2n) is 3.84. The minimum atomic E-state index is -0.823. The van der Waals surface area contributed by atoms with Gasteiger partial charge < -0.3 is 5.11 Å². The van der Waals surface area contributed by atoms with Crippen LogP contribution in [0.3, 0.4) is 0 Å². The third-order valence-corrected chi connectivity index (χ3v) is 3.17. The molecule has 0 fully saturated rings. The molecule has 2 N–H and O–H groups in total. The van der Waals surface area contributed by atoms with Crippen molar-refractivity contribution in [3.63, 3.8) is 0 Å². The topological polar surface area (TPSA) is 79.0 Å². The highest BCUT2D eigenvalue weighted by molar-refractivity contribution is 7.08. The molecule has 2 rings (SSSR count). The van der Waals surface area contributed by atoms with Crippen molar-refractivity contribution >= 4 is 29.7 Å². The van der Waals surface area contributed by atoms with E-state index in [0.29, 0.717) is 18.5 Å². The molecule has 2 aromatic rings. The smallest absolute Gasteiger partial charge is 0.303 e. The molecule has 102 valence electrons. The molecular formula is C12H14ClN3O2S. The second kappa shape index (κ2) is 7.06. The predicted octanol–water partition coefficient (Wildman–Crippen LogP) is 2.38. The number of carboxylic acid groups (broad SMARTS) is 1. The van der Waals surface area contributed by atoms with E-state index in [2.05, 4.69) is 5.10 Å². The largest absolute Gasteiger partial charge is 0.481 e. The molecule has 0 aliphatic heterocycles. The van der Waals surface area contributed by atoms with Gasteiger partial charge >= 0.3 is 5.97 Å². The first-order valence-corrected chi connectivity index (χ1v) is 6.48. The Morgan fingerprint density at radius 2 is 2.21 bits per heavy atom. The Morgan fingerprint density at radius 3 is 2.84 bits per heavy atom. The number of nitrogens with one attached hydrogen (secondary N) is 1. The molecule has 19 heavy (non-hydrogen) atoms. The van der Waals surface area contributed by atoms with Gasteiger partial charge in [-0.25, -0.2) is 4.68 Å². The monoisotopic (exact) mass is 299 g/mol. The summed E-state index contributed by atoms with van der Waals surface area (Å²) < 4.78 is 1.54. The zero-order valence-electron chi connectivity index (χ0n) is 10.1. The van der Waals surface area contributed by atoms with Crippen LogP contribution in [0, 0.1) is 5.41 Å². The third kappa shape index (κ3) is 4.18. The summed E-state index contributed by atoms with van der Waals surface area (Å²) in [6.45, 7) is 0.448. The Balaban J connectivity index is 0.00000180. The van der Waals surface area contributed by atoms with Crippen molar-refractivity contribution in [1.29, 1.82) is 5.41 Å². The number of hydrogen-bond donors (Lipinski definition) is 2. The summed E-state index contributed by atoms with van der Waals surface area (Å²) in [4.78, 5) is 10.5. The first-order chi connectivity index (χ1) is 8.66. The lowest BCUT2D eigenvalue weighted by Gasteiger charge is -2.06. The Labute approximate surface area is 120 Å². The molecule has 2 heterocycles. The maximum atomic E-state index is 10.5. The van der Waals surface area contributed by atoms with E-state index in [0.717, 1.165) is 11.3 Å². The maximum Gasteiger partial charge on any atom is 0.303 e. The number of aryl methyl sites for hydroxylation is 1. The number of rotatable bonds is 5. The number of nitrogens with zero attached hydrogens (tertiary/aromatic N) is 2. The number of carbonyl (C=O) groups is 1. The summed E-state index contributed by atoms with van der Waals surface area (Å²) in [6, 6.07) is 5.46. The van der Waals surface area contributed by atoms with E-state index >= 15 is 0 Å². The van der Waals surface area contributed by atoms with Gasteiger partial charge in [-0.2, -0.15) is 16.4 Å². The molecule has 5 nitrogen and oxygen atoms in total. The highest BCUT2D eigenvalue weighted by Crippen LogP contribution is 2.18. The average molecular weight is 300 g/mol. The predicted molar refractivity (Wildman–Crippen MR) is 75.5 cm³/mol. The van der Waals surface area contributed by atoms with E-state index < -0.39 is 5.97 Å². The van der Waals surface area contributed by atoms with E-state index in [1.807, 2.05) is 16.8 Å². The molecule has 0 saturated heterocycles. The Kier molecular flexibility index (Phi) is 5.72. The molecule has 7 heteroatoms. The number of thiophene rings is 1. The maximum absolute atomic E-state index is 10.5. The normalized spacial score (nSPS) is 9.89. The second-order valence-corrected chi connectivity index (χ2v) is 4.62. The van der Waals surface area contributed by atoms with Gasteiger partial charge in [0.25, 0.3) is 0 Å². The molecule has 0 aliphatic rings. The summed E-state index contributed by atoms with van der Waals surface area (Å²) in [7, 11) is 0. The number of aromatic nitrogens is 2. The quantitative estimate of drug-likeness (QED) is 0.889. The first kappa shape index (κ1) is 15.4. The lowest BCUT2D eigenvalue weighted by atomic mass is 10.2. The van der Waals surface area contributed by atoms with Crippen LogP contribution in [-0.4, -0.2) is 20.9 Å². The molecule has 0 unspecified atom stereocenters. The van der Waals surface area contributed by atoms with Crippen LogP contribution in [-0.2, 0) is 11.3 Å². The van der Waals surface area contributed by atoms with Gasteiger partial charge in [0.15, 0.2) is 0 Å². The molecule has 0 saturated carbocycles. The number of halogens is 1. The van der Waals surface area contributed by atoms with Crippen LogP contribution in [0.1, 0.15) is 12.8 Å². The molecule has 0 amide bonds. The minimum Gasteiger partial charge on any atom is -0.481 e. The zero-order valence-corrected chi connectivity index (χ0v) is 11.7. The molecule has 0 spiro atoms. The van der Waals surface area contributed by atoms with Crippen molar-refractivity contribution < 1.29 is 9.90 Å². The van der Waals surface area contributed by atoms with E-state index in [4.69, 9.17) is 10.5 Å². The minimum absolute atomic E-state index is 0. The summed E-state index contributed by atoms with van der Waals surface area (Å²) in [5, 5.41) is 24.6. The lowest BCUT2D eigenvalue weighted by molar-refractivity contribution is -0.137. The van der Waals surface area contributed by atoms with Crippen molar-refractivity contribution in [1.82, 2.24) is 9.78 Å². The Bertz CT molecular complexity index is 595. The van der Waals surface area contributed by atoms with Crippen LogP contribution >= 0.6 is 23.7 Å². The molecule has 2 aromatic heterocycles. The van der Waals surface area contributed by atoms with Gasteiger partial charge in [0.2, 0.25) is 0 Å². The van der Waals surface area contributed by atoms with Crippen LogP contribution in [0.4, 0.5) is 0 Å². The van der Waals surface area contributed by atoms with E-state index in [-0.39, 0.29) is 18.8 Å². The lowest BCUT2D eigenvalue weighted by Crippen LogP contribution is -2.22. The molecule has 0 aromatic carbocycles. The van der Waals surface area contributed by atoms with Crippen molar-refractivity contribution in [3.8, 4) is 11.3 Å². The summed E-state index contributed by atoms with van der Waals surface area (Å²) in [5.74, 6) is -0.823. The van der Waals surface area contributed by atoms with Gasteiger partial charge in [-0.05, 0) is 30.0 Å². The van der Waals surface area contributed by atoms with Crippen LogP contribution in [0.25, 0.3) is 11.3 Å².